The highest BCUT2D eigenvalue weighted by atomic mass is 16.5. The number of carboxylic acids is 1. The Balaban J connectivity index is 1.44. The molecule has 4 fully saturated rings. The molecule has 0 aromatic carbocycles. The topological polar surface area (TPSA) is 116 Å². The van der Waals surface area contributed by atoms with Crippen molar-refractivity contribution in [1.82, 2.24) is 19.7 Å². The minimum atomic E-state index is -0.617. The summed E-state index contributed by atoms with van der Waals surface area (Å²) in [5.74, 6) is 1.11. The van der Waals surface area contributed by atoms with Crippen LogP contribution in [0.15, 0.2) is 18.0 Å². The number of hydrogen-bond acceptors (Lipinski definition) is 7. The maximum absolute atomic E-state index is 13.5. The fraction of sp³-hybridized carbons (Fsp3) is 0.875. The first kappa shape index (κ1) is 36.8. The predicted octanol–water partition coefficient (Wildman–Crippen LogP) is 7.35. The standard InChI is InChI=1S/C40H67N5O4/c1-24(2)26(5)35(6)17-18-37(8)27-13-14-30-36(7)20-48-22-40(30,28(27)15-16-38(37,9)31(35)33(46)47)19-29(45-23-42-34(41)43-45)32(36)49-21-39(10,25(3)4)44(11)12/h15,23-27,29-32H,13-14,16-22H2,1-12H3,(H2,41,43)(H,46,47)/t26-,27+,29-,30+,31-,32+,35-,36+,37-,38+,39-,40?/m1/s1. The molecule has 3 saturated carbocycles. The Morgan fingerprint density at radius 2 is 1.82 bits per heavy atom. The number of nitrogen functional groups attached to an aromatic ring is 1. The van der Waals surface area contributed by atoms with Gasteiger partial charge in [-0.3, -0.25) is 4.79 Å². The number of hydrogen-bond donors (Lipinski definition) is 2. The van der Waals surface area contributed by atoms with E-state index in [9.17, 15) is 9.90 Å². The van der Waals surface area contributed by atoms with E-state index in [0.717, 1.165) is 38.5 Å². The molecule has 49 heavy (non-hydrogen) atoms. The fourth-order valence-electron chi connectivity index (χ4n) is 12.7. The summed E-state index contributed by atoms with van der Waals surface area (Å²) in [4.78, 5) is 20.2. The molecule has 1 aromatic rings. The summed E-state index contributed by atoms with van der Waals surface area (Å²) < 4.78 is 15.9. The van der Waals surface area contributed by atoms with Gasteiger partial charge in [-0.05, 0) is 105 Å². The summed E-state index contributed by atoms with van der Waals surface area (Å²) in [7, 11) is 4.29. The summed E-state index contributed by atoms with van der Waals surface area (Å²) in [6.07, 6.45) is 9.99. The van der Waals surface area contributed by atoms with Gasteiger partial charge in [0.15, 0.2) is 0 Å². The lowest BCUT2D eigenvalue weighted by molar-refractivity contribution is -0.255. The highest BCUT2D eigenvalue weighted by Crippen LogP contribution is 2.75. The van der Waals surface area contributed by atoms with Crippen molar-refractivity contribution in [3.8, 4) is 0 Å². The molecule has 1 aromatic heterocycles. The molecule has 12 atom stereocenters. The van der Waals surface area contributed by atoms with Crippen molar-refractivity contribution in [2.75, 3.05) is 39.6 Å². The molecular weight excluding hydrogens is 614 g/mol. The van der Waals surface area contributed by atoms with Gasteiger partial charge < -0.3 is 25.2 Å². The number of carbonyl (C=O) groups is 1. The van der Waals surface area contributed by atoms with Crippen molar-refractivity contribution in [2.24, 2.45) is 62.6 Å². The van der Waals surface area contributed by atoms with E-state index in [4.69, 9.17) is 20.3 Å². The van der Waals surface area contributed by atoms with Crippen LogP contribution in [0.5, 0.6) is 0 Å². The zero-order valence-corrected chi connectivity index (χ0v) is 32.7. The average molecular weight is 682 g/mol. The zero-order chi connectivity index (χ0) is 36.1. The smallest absolute Gasteiger partial charge is 0.307 e. The molecule has 276 valence electrons. The van der Waals surface area contributed by atoms with Crippen LogP contribution in [0.25, 0.3) is 0 Å². The van der Waals surface area contributed by atoms with Gasteiger partial charge in [-0.15, -0.1) is 5.10 Å². The van der Waals surface area contributed by atoms with Crippen molar-refractivity contribution >= 4 is 11.9 Å². The molecule has 0 radical (unpaired) electrons. The summed E-state index contributed by atoms with van der Waals surface area (Å²) in [6, 6.07) is -0.0532. The van der Waals surface area contributed by atoms with Gasteiger partial charge in [-0.1, -0.05) is 74.0 Å². The number of aliphatic carboxylic acids is 1. The van der Waals surface area contributed by atoms with E-state index in [2.05, 4.69) is 99.3 Å². The molecule has 4 aliphatic carbocycles. The number of ether oxygens (including phenoxy) is 2. The van der Waals surface area contributed by atoms with Crippen LogP contribution in [0.3, 0.4) is 0 Å². The van der Waals surface area contributed by atoms with E-state index in [1.165, 1.54) is 5.57 Å². The number of rotatable bonds is 9. The molecule has 9 nitrogen and oxygen atoms in total. The second-order valence-corrected chi connectivity index (χ2v) is 19.3. The van der Waals surface area contributed by atoms with Gasteiger partial charge in [0.05, 0.1) is 37.9 Å². The van der Waals surface area contributed by atoms with Gasteiger partial charge in [0.25, 0.3) is 0 Å². The number of anilines is 1. The van der Waals surface area contributed by atoms with E-state index in [0.29, 0.717) is 49.4 Å². The highest BCUT2D eigenvalue weighted by Gasteiger charge is 2.72. The Morgan fingerprint density at radius 1 is 1.12 bits per heavy atom. The number of aromatic nitrogens is 3. The molecule has 6 rings (SSSR count). The van der Waals surface area contributed by atoms with Crippen LogP contribution in [0.4, 0.5) is 5.95 Å². The van der Waals surface area contributed by atoms with Crippen molar-refractivity contribution in [1.29, 1.82) is 0 Å². The first-order chi connectivity index (χ1) is 22.7. The van der Waals surface area contributed by atoms with E-state index in [1.807, 2.05) is 4.68 Å². The number of likely N-dealkylation sites (N-methyl/N-ethyl adjacent to an activating group) is 1. The number of nitrogens with two attached hydrogens (primary N) is 1. The summed E-state index contributed by atoms with van der Waals surface area (Å²) >= 11 is 0. The van der Waals surface area contributed by atoms with Crippen molar-refractivity contribution in [2.45, 2.75) is 125 Å². The van der Waals surface area contributed by atoms with E-state index < -0.39 is 11.9 Å². The predicted molar refractivity (Wildman–Crippen MR) is 194 cm³/mol. The largest absolute Gasteiger partial charge is 0.481 e. The Kier molecular flexibility index (Phi) is 9.05. The average Bonchev–Trinajstić information content (AvgIpc) is 3.45. The molecule has 3 N–H and O–H groups in total. The van der Waals surface area contributed by atoms with Gasteiger partial charge >= 0.3 is 5.97 Å². The fourth-order valence-corrected chi connectivity index (χ4v) is 12.7. The lowest BCUT2D eigenvalue weighted by atomic mass is 9.34. The Bertz CT molecular complexity index is 1450. The maximum Gasteiger partial charge on any atom is 0.307 e. The number of nitrogens with zero attached hydrogens (tertiary/aromatic N) is 4. The van der Waals surface area contributed by atoms with E-state index in [1.54, 1.807) is 6.33 Å². The Morgan fingerprint density at radius 3 is 2.39 bits per heavy atom. The van der Waals surface area contributed by atoms with E-state index in [-0.39, 0.29) is 50.7 Å². The lowest BCUT2D eigenvalue weighted by Crippen LogP contribution is -2.69. The van der Waals surface area contributed by atoms with Crippen LogP contribution in [-0.4, -0.2) is 76.3 Å². The Labute approximate surface area is 296 Å². The van der Waals surface area contributed by atoms with Gasteiger partial charge in [0, 0.05) is 16.4 Å². The van der Waals surface area contributed by atoms with Gasteiger partial charge in [0.1, 0.15) is 6.33 Å². The second-order valence-electron chi connectivity index (χ2n) is 19.3. The van der Waals surface area contributed by atoms with Crippen molar-refractivity contribution in [3.63, 3.8) is 0 Å². The lowest BCUT2D eigenvalue weighted by Gasteiger charge is -2.71. The molecule has 2 bridgehead atoms. The normalized spacial score (nSPS) is 43.7. The molecule has 1 unspecified atom stereocenters. The first-order valence-corrected chi connectivity index (χ1v) is 19.2. The first-order valence-electron chi connectivity index (χ1n) is 19.2. The third-order valence-electron chi connectivity index (χ3n) is 16.8. The SMILES string of the molecule is CC(C)[C@@H](C)[C@@]1(C)CC[C@]2(C)[C@H]3CC[C@@H]4C5(COC[C@]4(C)[C@@H](OC[C@](C)(C(C)C)N(C)C)[C@H](n4cnc(N)n4)C5)C3=CC[C@@]2(C)[C@@H]1C(=O)O. The van der Waals surface area contributed by atoms with Gasteiger partial charge in [0.2, 0.25) is 5.95 Å². The van der Waals surface area contributed by atoms with Crippen LogP contribution in [-0.2, 0) is 14.3 Å². The molecule has 2 heterocycles. The minimum Gasteiger partial charge on any atom is -0.481 e. The number of carboxylic acid groups (broad SMARTS) is 1. The summed E-state index contributed by atoms with van der Waals surface area (Å²) in [5, 5.41) is 15.8. The molecular formula is C40H67N5O4. The molecule has 1 aliphatic heterocycles. The van der Waals surface area contributed by atoms with Crippen molar-refractivity contribution in [3.05, 3.63) is 18.0 Å². The van der Waals surface area contributed by atoms with Crippen LogP contribution in [0, 0.1) is 62.6 Å². The van der Waals surface area contributed by atoms with Crippen LogP contribution in [0.1, 0.15) is 114 Å². The zero-order valence-electron chi connectivity index (χ0n) is 32.7. The number of fused-ring (bicyclic) bond motifs is 3. The summed E-state index contributed by atoms with van der Waals surface area (Å²) in [5.41, 5.74) is 6.39. The summed E-state index contributed by atoms with van der Waals surface area (Å²) in [6.45, 7) is 25.0. The van der Waals surface area contributed by atoms with Crippen molar-refractivity contribution < 1.29 is 19.4 Å². The quantitative estimate of drug-likeness (QED) is 0.260. The highest BCUT2D eigenvalue weighted by molar-refractivity contribution is 5.73. The van der Waals surface area contributed by atoms with Crippen LogP contribution in [0.2, 0.25) is 0 Å². The Hall–Kier alpha value is -1.97. The van der Waals surface area contributed by atoms with Gasteiger partial charge in [-0.25, -0.2) is 9.67 Å². The molecule has 9 heteroatoms. The molecule has 0 spiro atoms. The molecule has 5 aliphatic rings. The third kappa shape index (κ3) is 5.04. The van der Waals surface area contributed by atoms with Crippen LogP contribution < -0.4 is 5.73 Å². The van der Waals surface area contributed by atoms with E-state index >= 15 is 0 Å². The molecule has 1 saturated heterocycles. The maximum atomic E-state index is 13.5. The third-order valence-corrected chi connectivity index (χ3v) is 16.8. The van der Waals surface area contributed by atoms with Crippen LogP contribution >= 0.6 is 0 Å². The monoisotopic (exact) mass is 682 g/mol. The number of allylic oxidation sites excluding steroid dienone is 1. The van der Waals surface area contributed by atoms with Gasteiger partial charge in [-0.2, -0.15) is 0 Å². The second kappa shape index (κ2) is 12.0. The minimum absolute atomic E-state index is 0.0532. The molecule has 0 amide bonds.